The monoisotopic (exact) mass is 224 g/mol. The first-order valence-electron chi connectivity index (χ1n) is 4.84. The largest absolute Gasteiger partial charge is 0.314 e. The Morgan fingerprint density at radius 3 is 2.86 bits per heavy atom. The molecule has 1 saturated heterocycles. The Bertz CT molecular complexity index is 269. The molecule has 1 unspecified atom stereocenters. The average Bonchev–Trinajstić information content (AvgIpc) is 2.15. The lowest BCUT2D eigenvalue weighted by atomic mass is 10.3. The van der Waals surface area contributed by atoms with Crippen molar-refractivity contribution in [1.29, 1.82) is 0 Å². The van der Waals surface area contributed by atoms with Gasteiger partial charge in [0.05, 0.1) is 12.4 Å². The van der Waals surface area contributed by atoms with Crippen molar-refractivity contribution in [3.63, 3.8) is 0 Å². The Balaban J connectivity index is 2.60. The Morgan fingerprint density at radius 2 is 2.29 bits per heavy atom. The lowest BCUT2D eigenvalue weighted by Crippen LogP contribution is -2.52. The minimum absolute atomic E-state index is 0.0200. The molecule has 14 heavy (non-hydrogen) atoms. The summed E-state index contributed by atoms with van der Waals surface area (Å²) in [6.45, 7) is 3.14. The highest BCUT2D eigenvalue weighted by molar-refractivity contribution is 7.89. The Hall–Kier alpha value is -0.200. The van der Waals surface area contributed by atoms with Gasteiger partial charge in [0.1, 0.15) is 0 Å². The summed E-state index contributed by atoms with van der Waals surface area (Å²) in [5, 5.41) is 3.11. The minimum Gasteiger partial charge on any atom is -0.314 e. The molecule has 0 aliphatic carbocycles. The van der Waals surface area contributed by atoms with Gasteiger partial charge in [-0.1, -0.05) is 0 Å². The van der Waals surface area contributed by atoms with E-state index in [0.29, 0.717) is 19.6 Å². The van der Waals surface area contributed by atoms with Gasteiger partial charge in [0.15, 0.2) is 0 Å². The molecule has 0 saturated carbocycles. The van der Waals surface area contributed by atoms with Gasteiger partial charge >= 0.3 is 0 Å². The average molecular weight is 224 g/mol. The van der Waals surface area contributed by atoms with E-state index in [9.17, 15) is 12.8 Å². The van der Waals surface area contributed by atoms with Crippen molar-refractivity contribution in [2.45, 2.75) is 19.4 Å². The van der Waals surface area contributed by atoms with Crippen molar-refractivity contribution < 1.29 is 12.8 Å². The molecule has 0 spiro atoms. The van der Waals surface area contributed by atoms with Crippen LogP contribution < -0.4 is 5.32 Å². The third-order valence-corrected chi connectivity index (χ3v) is 4.40. The number of halogens is 1. The maximum Gasteiger partial charge on any atom is 0.214 e. The first kappa shape index (κ1) is 11.9. The van der Waals surface area contributed by atoms with E-state index in [0.717, 1.165) is 0 Å². The molecule has 0 aromatic heterocycles. The predicted molar refractivity (Wildman–Crippen MR) is 53.4 cm³/mol. The fraction of sp³-hybridized carbons (Fsp3) is 1.00. The quantitative estimate of drug-likeness (QED) is 0.729. The van der Waals surface area contributed by atoms with Crippen LogP contribution in [0.5, 0.6) is 0 Å². The van der Waals surface area contributed by atoms with E-state index in [2.05, 4.69) is 5.32 Å². The van der Waals surface area contributed by atoms with Crippen LogP contribution in [0, 0.1) is 0 Å². The third-order valence-electron chi connectivity index (χ3n) is 2.33. The van der Waals surface area contributed by atoms with Crippen LogP contribution in [0.3, 0.4) is 0 Å². The summed E-state index contributed by atoms with van der Waals surface area (Å²) in [6.07, 6.45) is 0.0962. The SMILES string of the molecule is CC1CNCCN1S(=O)(=O)CCCF. The Labute approximate surface area is 84.5 Å². The zero-order valence-electron chi connectivity index (χ0n) is 8.37. The molecule has 1 aliphatic heterocycles. The van der Waals surface area contributed by atoms with Crippen LogP contribution in [0.25, 0.3) is 0 Å². The molecule has 1 aliphatic rings. The maximum absolute atomic E-state index is 11.9. The van der Waals surface area contributed by atoms with E-state index in [1.54, 1.807) is 0 Å². The van der Waals surface area contributed by atoms with Crippen molar-refractivity contribution in [3.8, 4) is 0 Å². The molecule has 0 aromatic rings. The number of hydrogen-bond acceptors (Lipinski definition) is 3. The van der Waals surface area contributed by atoms with Crippen LogP contribution >= 0.6 is 0 Å². The molecule has 1 heterocycles. The van der Waals surface area contributed by atoms with Crippen molar-refractivity contribution in [2.24, 2.45) is 0 Å². The van der Waals surface area contributed by atoms with Gasteiger partial charge in [-0.15, -0.1) is 0 Å². The van der Waals surface area contributed by atoms with Gasteiger partial charge in [0.25, 0.3) is 0 Å². The topological polar surface area (TPSA) is 49.4 Å². The summed E-state index contributed by atoms with van der Waals surface area (Å²) in [7, 11) is -3.24. The van der Waals surface area contributed by atoms with Crippen LogP contribution in [-0.4, -0.2) is 50.8 Å². The molecule has 84 valence electrons. The number of hydrogen-bond donors (Lipinski definition) is 1. The van der Waals surface area contributed by atoms with Crippen LogP contribution in [0.4, 0.5) is 4.39 Å². The van der Waals surface area contributed by atoms with Crippen LogP contribution in [0.2, 0.25) is 0 Å². The number of rotatable bonds is 4. The molecule has 0 aromatic carbocycles. The van der Waals surface area contributed by atoms with Gasteiger partial charge in [-0.2, -0.15) is 4.31 Å². The van der Waals surface area contributed by atoms with E-state index in [-0.39, 0.29) is 18.2 Å². The van der Waals surface area contributed by atoms with Gasteiger partial charge < -0.3 is 5.32 Å². The fourth-order valence-electron chi connectivity index (χ4n) is 1.59. The lowest BCUT2D eigenvalue weighted by molar-refractivity contribution is 0.283. The fourth-order valence-corrected chi connectivity index (χ4v) is 3.29. The Kier molecular flexibility index (Phi) is 4.28. The van der Waals surface area contributed by atoms with Gasteiger partial charge in [-0.05, 0) is 13.3 Å². The summed E-state index contributed by atoms with van der Waals surface area (Å²) in [6, 6.07) is -0.0200. The molecule has 6 heteroatoms. The van der Waals surface area contributed by atoms with Gasteiger partial charge in [-0.3, -0.25) is 4.39 Å². The van der Waals surface area contributed by atoms with E-state index < -0.39 is 16.7 Å². The molecule has 0 bridgehead atoms. The summed E-state index contributed by atoms with van der Waals surface area (Å²) >= 11 is 0. The van der Waals surface area contributed by atoms with E-state index in [1.165, 1.54) is 4.31 Å². The second kappa shape index (κ2) is 5.04. The highest BCUT2D eigenvalue weighted by Gasteiger charge is 2.28. The molecule has 1 N–H and O–H groups in total. The minimum atomic E-state index is -3.24. The number of sulfonamides is 1. The standard InChI is InChI=1S/C8H17FN2O2S/c1-8-7-10-4-5-11(8)14(12,13)6-2-3-9/h8,10H,2-7H2,1H3. The van der Waals surface area contributed by atoms with Crippen molar-refractivity contribution in [1.82, 2.24) is 9.62 Å². The number of nitrogens with zero attached hydrogens (tertiary/aromatic N) is 1. The summed E-state index contributed by atoms with van der Waals surface area (Å²) in [4.78, 5) is 0. The van der Waals surface area contributed by atoms with Crippen LogP contribution in [0.15, 0.2) is 0 Å². The second-order valence-corrected chi connectivity index (χ2v) is 5.56. The molecular formula is C8H17FN2O2S. The molecule has 1 fully saturated rings. The van der Waals surface area contributed by atoms with E-state index in [1.807, 2.05) is 6.92 Å². The zero-order chi connectivity index (χ0) is 10.6. The van der Waals surface area contributed by atoms with Crippen molar-refractivity contribution in [3.05, 3.63) is 0 Å². The lowest BCUT2D eigenvalue weighted by Gasteiger charge is -2.32. The molecular weight excluding hydrogens is 207 g/mol. The smallest absolute Gasteiger partial charge is 0.214 e. The van der Waals surface area contributed by atoms with Gasteiger partial charge in [0.2, 0.25) is 10.0 Å². The number of nitrogens with one attached hydrogen (secondary N) is 1. The molecule has 0 radical (unpaired) electrons. The molecule has 0 amide bonds. The summed E-state index contributed by atoms with van der Waals surface area (Å²) < 4.78 is 36.7. The van der Waals surface area contributed by atoms with E-state index >= 15 is 0 Å². The first-order chi connectivity index (χ1) is 6.58. The van der Waals surface area contributed by atoms with Crippen molar-refractivity contribution >= 4 is 10.0 Å². The summed E-state index contributed by atoms with van der Waals surface area (Å²) in [5.74, 6) is -0.0756. The third kappa shape index (κ3) is 2.90. The van der Waals surface area contributed by atoms with E-state index in [4.69, 9.17) is 0 Å². The number of alkyl halides is 1. The highest BCUT2D eigenvalue weighted by Crippen LogP contribution is 2.10. The molecule has 1 atom stereocenters. The van der Waals surface area contributed by atoms with Crippen molar-refractivity contribution in [2.75, 3.05) is 32.1 Å². The van der Waals surface area contributed by atoms with Gasteiger partial charge in [0, 0.05) is 25.7 Å². The highest BCUT2D eigenvalue weighted by atomic mass is 32.2. The maximum atomic E-state index is 11.9. The molecule has 4 nitrogen and oxygen atoms in total. The molecule has 1 rings (SSSR count). The van der Waals surface area contributed by atoms with Gasteiger partial charge in [-0.25, -0.2) is 8.42 Å². The second-order valence-electron chi connectivity index (χ2n) is 3.52. The van der Waals surface area contributed by atoms with Crippen LogP contribution in [-0.2, 0) is 10.0 Å². The zero-order valence-corrected chi connectivity index (χ0v) is 9.19. The van der Waals surface area contributed by atoms with Crippen LogP contribution in [0.1, 0.15) is 13.3 Å². The first-order valence-corrected chi connectivity index (χ1v) is 6.45. The Morgan fingerprint density at radius 1 is 1.57 bits per heavy atom. The summed E-state index contributed by atoms with van der Waals surface area (Å²) in [5.41, 5.74) is 0. The number of piperazine rings is 1. The normalized spacial score (nSPS) is 25.1. The predicted octanol–water partition coefficient (Wildman–Crippen LogP) is -0.0305.